The van der Waals surface area contributed by atoms with Crippen LogP contribution in [0, 0.1) is 11.8 Å². The van der Waals surface area contributed by atoms with Crippen LogP contribution in [0.3, 0.4) is 0 Å². The first-order chi connectivity index (χ1) is 13.6. The second-order valence-electron chi connectivity index (χ2n) is 9.06. The van der Waals surface area contributed by atoms with Gasteiger partial charge in [-0.05, 0) is 24.7 Å². The molecule has 1 amide bonds. The molecule has 3 heteroatoms. The molecule has 3 nitrogen and oxygen atoms in total. The fourth-order valence-corrected chi connectivity index (χ4v) is 3.62. The van der Waals surface area contributed by atoms with Crippen molar-refractivity contribution in [3.63, 3.8) is 0 Å². The van der Waals surface area contributed by atoms with E-state index in [1.807, 2.05) is 0 Å². The Morgan fingerprint density at radius 1 is 0.714 bits per heavy atom. The van der Waals surface area contributed by atoms with Gasteiger partial charge in [0.1, 0.15) is 0 Å². The summed E-state index contributed by atoms with van der Waals surface area (Å²) in [5.41, 5.74) is 0. The van der Waals surface area contributed by atoms with Crippen molar-refractivity contribution in [3.05, 3.63) is 0 Å². The second-order valence-corrected chi connectivity index (χ2v) is 9.06. The summed E-state index contributed by atoms with van der Waals surface area (Å²) in [7, 11) is 0. The third-order valence-electron chi connectivity index (χ3n) is 5.54. The Hall–Kier alpha value is -0.730. The summed E-state index contributed by atoms with van der Waals surface area (Å²) < 4.78 is 5.52. The highest BCUT2D eigenvalue weighted by molar-refractivity contribution is 5.67. The highest BCUT2D eigenvalue weighted by Crippen LogP contribution is 2.20. The van der Waals surface area contributed by atoms with Gasteiger partial charge < -0.3 is 10.1 Å². The van der Waals surface area contributed by atoms with E-state index >= 15 is 0 Å². The fourth-order valence-electron chi connectivity index (χ4n) is 3.62. The average molecular weight is 398 g/mol. The molecule has 0 radical (unpaired) electrons. The number of carbonyl (C=O) groups excluding carboxylic acids is 1. The zero-order chi connectivity index (χ0) is 20.9. The lowest BCUT2D eigenvalue weighted by Crippen LogP contribution is -2.29. The summed E-state index contributed by atoms with van der Waals surface area (Å²) in [6, 6.07) is 0. The lowest BCUT2D eigenvalue weighted by molar-refractivity contribution is 0.119. The lowest BCUT2D eigenvalue weighted by atomic mass is 9.94. The Kier molecular flexibility index (Phi) is 20.4. The molecule has 28 heavy (non-hydrogen) atoms. The van der Waals surface area contributed by atoms with Crippen molar-refractivity contribution >= 4 is 6.09 Å². The van der Waals surface area contributed by atoms with E-state index in [4.69, 9.17) is 4.74 Å². The Labute approximate surface area is 176 Å². The molecule has 168 valence electrons. The van der Waals surface area contributed by atoms with Crippen LogP contribution < -0.4 is 5.32 Å². The number of nitrogens with one attached hydrogen (secondary N) is 1. The fraction of sp³-hybridized carbons (Fsp3) is 0.960. The topological polar surface area (TPSA) is 38.3 Å². The smallest absolute Gasteiger partial charge is 0.407 e. The number of ether oxygens (including phenoxy) is 1. The highest BCUT2D eigenvalue weighted by Gasteiger charge is 2.12. The van der Waals surface area contributed by atoms with Crippen molar-refractivity contribution in [1.29, 1.82) is 0 Å². The summed E-state index contributed by atoms with van der Waals surface area (Å²) in [5.74, 6) is 1.000. The van der Waals surface area contributed by atoms with Crippen molar-refractivity contribution in [1.82, 2.24) is 5.32 Å². The normalized spacial score (nSPS) is 12.3. The molecular weight excluding hydrogens is 346 g/mol. The number of amides is 1. The minimum Gasteiger partial charge on any atom is -0.449 e. The SMILES string of the molecule is CCCCCCCCCCC(CCCCCCCC)COC(=O)NCC(C)C. The summed E-state index contributed by atoms with van der Waals surface area (Å²) in [6.07, 6.45) is 21.0. The molecule has 0 bridgehead atoms. The molecule has 0 rings (SSSR count). The van der Waals surface area contributed by atoms with Crippen molar-refractivity contribution in [2.45, 2.75) is 130 Å². The van der Waals surface area contributed by atoms with Crippen LogP contribution in [-0.4, -0.2) is 19.2 Å². The largest absolute Gasteiger partial charge is 0.449 e. The van der Waals surface area contributed by atoms with Crippen LogP contribution in [0.15, 0.2) is 0 Å². The van der Waals surface area contributed by atoms with Gasteiger partial charge in [0.25, 0.3) is 0 Å². The first-order valence-electron chi connectivity index (χ1n) is 12.5. The minimum atomic E-state index is -0.238. The molecule has 0 saturated heterocycles. The van der Waals surface area contributed by atoms with Gasteiger partial charge in [-0.2, -0.15) is 0 Å². The van der Waals surface area contributed by atoms with Crippen molar-refractivity contribution in [2.24, 2.45) is 11.8 Å². The molecule has 0 aliphatic rings. The van der Waals surface area contributed by atoms with Gasteiger partial charge in [0.15, 0.2) is 0 Å². The number of alkyl carbamates (subject to hydrolysis) is 1. The Morgan fingerprint density at radius 2 is 1.14 bits per heavy atom. The van der Waals surface area contributed by atoms with E-state index in [9.17, 15) is 4.79 Å². The number of rotatable bonds is 20. The van der Waals surface area contributed by atoms with Gasteiger partial charge >= 0.3 is 6.09 Å². The first-order valence-corrected chi connectivity index (χ1v) is 12.5. The van der Waals surface area contributed by atoms with Crippen LogP contribution in [-0.2, 0) is 4.74 Å². The van der Waals surface area contributed by atoms with Crippen molar-refractivity contribution in [2.75, 3.05) is 13.2 Å². The van der Waals surface area contributed by atoms with Gasteiger partial charge in [-0.3, -0.25) is 0 Å². The van der Waals surface area contributed by atoms with Gasteiger partial charge in [0.2, 0.25) is 0 Å². The molecular formula is C25H51NO2. The van der Waals surface area contributed by atoms with Gasteiger partial charge in [0, 0.05) is 6.54 Å². The van der Waals surface area contributed by atoms with Crippen LogP contribution in [0.5, 0.6) is 0 Å². The van der Waals surface area contributed by atoms with Crippen LogP contribution >= 0.6 is 0 Å². The predicted octanol–water partition coefficient (Wildman–Crippen LogP) is 8.27. The summed E-state index contributed by atoms with van der Waals surface area (Å²) in [6.45, 7) is 10.0. The highest BCUT2D eigenvalue weighted by atomic mass is 16.5. The summed E-state index contributed by atoms with van der Waals surface area (Å²) in [5, 5.41) is 2.87. The maximum Gasteiger partial charge on any atom is 0.407 e. The summed E-state index contributed by atoms with van der Waals surface area (Å²) in [4.78, 5) is 11.9. The molecule has 0 fully saturated rings. The Bertz CT molecular complexity index is 331. The molecule has 1 atom stereocenters. The number of hydrogen-bond acceptors (Lipinski definition) is 2. The van der Waals surface area contributed by atoms with Crippen molar-refractivity contribution in [3.8, 4) is 0 Å². The number of carbonyl (C=O) groups is 1. The van der Waals surface area contributed by atoms with Crippen LogP contribution in [0.25, 0.3) is 0 Å². The van der Waals surface area contributed by atoms with Gasteiger partial charge in [0.05, 0.1) is 6.61 Å². The monoisotopic (exact) mass is 397 g/mol. The predicted molar refractivity (Wildman–Crippen MR) is 123 cm³/mol. The molecule has 0 aromatic heterocycles. The van der Waals surface area contributed by atoms with E-state index in [1.54, 1.807) is 0 Å². The molecule has 1 N–H and O–H groups in total. The zero-order valence-corrected chi connectivity index (χ0v) is 19.7. The molecule has 0 heterocycles. The molecule has 0 aromatic rings. The number of unbranched alkanes of at least 4 members (excludes halogenated alkanes) is 12. The third kappa shape index (κ3) is 20.0. The molecule has 0 aliphatic heterocycles. The van der Waals surface area contributed by atoms with E-state index in [0.29, 0.717) is 25.0 Å². The van der Waals surface area contributed by atoms with Crippen molar-refractivity contribution < 1.29 is 9.53 Å². The van der Waals surface area contributed by atoms with E-state index in [-0.39, 0.29) is 6.09 Å². The van der Waals surface area contributed by atoms with Gasteiger partial charge in [-0.15, -0.1) is 0 Å². The second kappa shape index (κ2) is 21.0. The van der Waals surface area contributed by atoms with E-state index in [0.717, 1.165) is 0 Å². The zero-order valence-electron chi connectivity index (χ0n) is 19.7. The molecule has 1 unspecified atom stereocenters. The van der Waals surface area contributed by atoms with E-state index in [2.05, 4.69) is 33.0 Å². The number of hydrogen-bond donors (Lipinski definition) is 1. The molecule has 0 saturated carbocycles. The van der Waals surface area contributed by atoms with E-state index in [1.165, 1.54) is 103 Å². The maximum absolute atomic E-state index is 11.9. The molecule has 0 aromatic carbocycles. The van der Waals surface area contributed by atoms with Gasteiger partial charge in [-0.25, -0.2) is 4.79 Å². The Balaban J connectivity index is 3.98. The Morgan fingerprint density at radius 3 is 1.57 bits per heavy atom. The molecule has 0 aliphatic carbocycles. The van der Waals surface area contributed by atoms with Crippen LogP contribution in [0.2, 0.25) is 0 Å². The van der Waals surface area contributed by atoms with Crippen LogP contribution in [0.1, 0.15) is 130 Å². The quantitative estimate of drug-likeness (QED) is 0.210. The van der Waals surface area contributed by atoms with E-state index < -0.39 is 0 Å². The lowest BCUT2D eigenvalue weighted by Gasteiger charge is -2.18. The maximum atomic E-state index is 11.9. The minimum absolute atomic E-state index is 0.238. The third-order valence-corrected chi connectivity index (χ3v) is 5.54. The standard InChI is InChI=1S/C25H51NO2/c1-5-7-9-11-13-14-16-18-20-24(19-17-15-12-10-8-6-2)22-28-25(27)26-21-23(3)4/h23-24H,5-22H2,1-4H3,(H,26,27). The van der Waals surface area contributed by atoms with Gasteiger partial charge in [-0.1, -0.05) is 118 Å². The molecule has 0 spiro atoms. The summed E-state index contributed by atoms with van der Waals surface area (Å²) >= 11 is 0. The van der Waals surface area contributed by atoms with Crippen LogP contribution in [0.4, 0.5) is 4.79 Å². The average Bonchev–Trinajstić information content (AvgIpc) is 2.68. The first kappa shape index (κ1) is 27.3.